The number of benzene rings is 2. The van der Waals surface area contributed by atoms with Gasteiger partial charge in [0, 0.05) is 7.05 Å². The van der Waals surface area contributed by atoms with Gasteiger partial charge in [0.2, 0.25) is 5.75 Å². The molecule has 3 aromatic rings. The van der Waals surface area contributed by atoms with Crippen LogP contribution in [0.3, 0.4) is 0 Å². The van der Waals surface area contributed by atoms with Gasteiger partial charge in [0.15, 0.2) is 17.4 Å². The second kappa shape index (κ2) is 8.56. The molecule has 3 rings (SSSR count). The molecule has 29 heavy (non-hydrogen) atoms. The van der Waals surface area contributed by atoms with Crippen molar-refractivity contribution in [3.05, 3.63) is 69.1 Å². The smallest absolute Gasteiger partial charge is 0.343 e. The molecule has 0 atom stereocenters. The van der Waals surface area contributed by atoms with Crippen molar-refractivity contribution in [2.45, 2.75) is 26.6 Å². The first kappa shape index (κ1) is 20.1. The molecule has 0 spiro atoms. The average Bonchev–Trinajstić information content (AvgIpc) is 3.06. The van der Waals surface area contributed by atoms with E-state index in [0.717, 1.165) is 0 Å². The summed E-state index contributed by atoms with van der Waals surface area (Å²) in [6.07, 6.45) is 0.421. The maximum atomic E-state index is 15.0. The van der Waals surface area contributed by atoms with Gasteiger partial charge in [0.25, 0.3) is 0 Å². The van der Waals surface area contributed by atoms with Crippen LogP contribution in [0.2, 0.25) is 0 Å². The van der Waals surface area contributed by atoms with Crippen LogP contribution < -0.4 is 15.2 Å². The highest BCUT2D eigenvalue weighted by atomic mass is 19.1. The third-order valence-electron chi connectivity index (χ3n) is 4.32. The van der Waals surface area contributed by atoms with E-state index in [1.54, 1.807) is 19.1 Å². The predicted octanol–water partition coefficient (Wildman–Crippen LogP) is 3.52. The van der Waals surface area contributed by atoms with E-state index in [1.165, 1.54) is 29.8 Å². The number of rotatable bonds is 7. The maximum Gasteiger partial charge on any atom is 0.343 e. The van der Waals surface area contributed by atoms with E-state index in [0.29, 0.717) is 17.8 Å². The van der Waals surface area contributed by atoms with Crippen LogP contribution in [0.25, 0.3) is 0 Å². The van der Waals surface area contributed by atoms with Crippen LogP contribution in [0.1, 0.15) is 29.4 Å². The number of hydrogen-bond donors (Lipinski definition) is 1. The Labute approximate surface area is 165 Å². The lowest BCUT2D eigenvalue weighted by Gasteiger charge is -2.15. The Hall–Kier alpha value is -3.67. The molecule has 0 aliphatic carbocycles. The van der Waals surface area contributed by atoms with Gasteiger partial charge in [0.1, 0.15) is 19.0 Å². The van der Waals surface area contributed by atoms with Crippen LogP contribution in [0.15, 0.2) is 35.1 Å². The number of nitriles is 1. The number of ether oxygens (including phenoxy) is 2. The minimum absolute atomic E-state index is 0.0827. The molecule has 0 aliphatic rings. The second-order valence-electron chi connectivity index (χ2n) is 6.23. The molecule has 1 heterocycles. The molecule has 0 saturated carbocycles. The number of alkyl halides is 1. The summed E-state index contributed by atoms with van der Waals surface area (Å²) in [6, 6.07) is 9.20. The summed E-state index contributed by atoms with van der Waals surface area (Å²) < 4.78 is 40.6. The Morgan fingerprint density at radius 1 is 1.31 bits per heavy atom. The Morgan fingerprint density at radius 3 is 2.72 bits per heavy atom. The molecule has 0 bridgehead atoms. The van der Waals surface area contributed by atoms with Gasteiger partial charge in [-0.3, -0.25) is 4.57 Å². The highest BCUT2D eigenvalue weighted by Gasteiger charge is 2.18. The van der Waals surface area contributed by atoms with Gasteiger partial charge < -0.3 is 9.47 Å². The molecule has 1 aromatic heterocycles. The summed E-state index contributed by atoms with van der Waals surface area (Å²) in [4.78, 5) is 11.5. The minimum Gasteiger partial charge on any atom is -0.482 e. The van der Waals surface area contributed by atoms with E-state index in [1.807, 2.05) is 6.07 Å². The molecule has 0 amide bonds. The third-order valence-corrected chi connectivity index (χ3v) is 4.32. The molecule has 0 unspecified atom stereocenters. The molecule has 9 heteroatoms. The van der Waals surface area contributed by atoms with Crippen LogP contribution in [0.5, 0.6) is 17.2 Å². The van der Waals surface area contributed by atoms with E-state index >= 15 is 0 Å². The highest BCUT2D eigenvalue weighted by molar-refractivity contribution is 5.49. The van der Waals surface area contributed by atoms with Gasteiger partial charge in [-0.1, -0.05) is 13.0 Å². The molecule has 0 aliphatic heterocycles. The summed E-state index contributed by atoms with van der Waals surface area (Å²) in [7, 11) is 1.52. The highest BCUT2D eigenvalue weighted by Crippen LogP contribution is 2.37. The number of aromatic amines is 1. The number of hydrogen-bond acceptors (Lipinski definition) is 5. The van der Waals surface area contributed by atoms with E-state index in [-0.39, 0.29) is 35.0 Å². The van der Waals surface area contributed by atoms with Crippen molar-refractivity contribution in [2.24, 2.45) is 7.05 Å². The zero-order chi connectivity index (χ0) is 21.0. The molecule has 2 aromatic carbocycles. The fourth-order valence-corrected chi connectivity index (χ4v) is 2.69. The van der Waals surface area contributed by atoms with Gasteiger partial charge >= 0.3 is 5.69 Å². The molecular formula is C20H18F2N4O3. The minimum atomic E-state index is -0.792. The topological polar surface area (TPSA) is 92.9 Å². The molecule has 150 valence electrons. The summed E-state index contributed by atoms with van der Waals surface area (Å²) in [6.45, 7) is 0.893. The quantitative estimate of drug-likeness (QED) is 0.655. The standard InChI is InChI=1S/C20H18F2N4O3/c1-3-14-4-5-16(28-11-17-24-25-20(27)26(17)2)19(18(14)22)29-15-7-12(9-21)6-13(8-15)10-23/h4-8H,3,9,11H2,1-2H3,(H,25,27). The van der Waals surface area contributed by atoms with Crippen molar-refractivity contribution in [1.82, 2.24) is 14.8 Å². The Balaban J connectivity index is 1.97. The monoisotopic (exact) mass is 400 g/mol. The van der Waals surface area contributed by atoms with Crippen LogP contribution in [-0.4, -0.2) is 14.8 Å². The normalized spacial score (nSPS) is 10.6. The summed E-state index contributed by atoms with van der Waals surface area (Å²) in [5.74, 6) is -0.304. The van der Waals surface area contributed by atoms with E-state index in [4.69, 9.17) is 14.7 Å². The summed E-state index contributed by atoms with van der Waals surface area (Å²) in [5.41, 5.74) is 0.428. The van der Waals surface area contributed by atoms with Gasteiger partial charge in [-0.05, 0) is 41.8 Å². The first-order valence-corrected chi connectivity index (χ1v) is 8.79. The van der Waals surface area contributed by atoms with Crippen LogP contribution in [-0.2, 0) is 26.7 Å². The van der Waals surface area contributed by atoms with Crippen molar-refractivity contribution in [3.63, 3.8) is 0 Å². The van der Waals surface area contributed by atoms with Crippen LogP contribution in [0.4, 0.5) is 8.78 Å². The first-order chi connectivity index (χ1) is 14.0. The molecule has 0 radical (unpaired) electrons. The van der Waals surface area contributed by atoms with Crippen molar-refractivity contribution >= 4 is 0 Å². The number of nitrogens with one attached hydrogen (secondary N) is 1. The SMILES string of the molecule is CCc1ccc(OCc2n[nH]c(=O)n2C)c(Oc2cc(C#N)cc(CF)c2)c1F. The van der Waals surface area contributed by atoms with E-state index in [9.17, 15) is 13.6 Å². The number of H-pyrrole nitrogens is 1. The van der Waals surface area contributed by atoms with Gasteiger partial charge in [-0.25, -0.2) is 18.7 Å². The molecule has 0 saturated heterocycles. The molecule has 0 fully saturated rings. The van der Waals surface area contributed by atoms with E-state index in [2.05, 4.69) is 10.2 Å². The zero-order valence-electron chi connectivity index (χ0n) is 15.8. The predicted molar refractivity (Wildman–Crippen MR) is 100.0 cm³/mol. The number of nitrogens with zero attached hydrogens (tertiary/aromatic N) is 3. The Bertz CT molecular complexity index is 1130. The number of aromatic nitrogens is 3. The molecule has 7 nitrogen and oxygen atoms in total. The summed E-state index contributed by atoms with van der Waals surface area (Å²) >= 11 is 0. The number of aryl methyl sites for hydroxylation is 1. The first-order valence-electron chi connectivity index (χ1n) is 8.79. The Kier molecular flexibility index (Phi) is 5.93. The molecule has 1 N–H and O–H groups in total. The fraction of sp³-hybridized carbons (Fsp3) is 0.250. The van der Waals surface area contributed by atoms with Crippen LogP contribution >= 0.6 is 0 Å². The maximum absolute atomic E-state index is 15.0. The van der Waals surface area contributed by atoms with Gasteiger partial charge in [0.05, 0.1) is 11.6 Å². The van der Waals surface area contributed by atoms with Gasteiger partial charge in [-0.2, -0.15) is 10.4 Å². The summed E-state index contributed by atoms with van der Waals surface area (Å²) in [5, 5.41) is 15.2. The Morgan fingerprint density at radius 2 is 2.10 bits per heavy atom. The third kappa shape index (κ3) is 4.27. The molecular weight excluding hydrogens is 382 g/mol. The van der Waals surface area contributed by atoms with Gasteiger partial charge in [-0.15, -0.1) is 0 Å². The average molecular weight is 400 g/mol. The van der Waals surface area contributed by atoms with Crippen molar-refractivity contribution < 1.29 is 18.3 Å². The lowest BCUT2D eigenvalue weighted by molar-refractivity contribution is 0.273. The lowest BCUT2D eigenvalue weighted by atomic mass is 10.1. The van der Waals surface area contributed by atoms with Crippen molar-refractivity contribution in [3.8, 4) is 23.3 Å². The second-order valence-corrected chi connectivity index (χ2v) is 6.23. The van der Waals surface area contributed by atoms with Crippen molar-refractivity contribution in [1.29, 1.82) is 5.26 Å². The van der Waals surface area contributed by atoms with E-state index < -0.39 is 18.2 Å². The number of halogens is 2. The fourth-order valence-electron chi connectivity index (χ4n) is 2.69. The van der Waals surface area contributed by atoms with Crippen LogP contribution in [0, 0.1) is 17.1 Å². The van der Waals surface area contributed by atoms with Crippen molar-refractivity contribution in [2.75, 3.05) is 0 Å². The largest absolute Gasteiger partial charge is 0.482 e. The zero-order valence-corrected chi connectivity index (χ0v) is 15.8. The lowest BCUT2D eigenvalue weighted by Crippen LogP contribution is -2.15.